The molecule has 158 valence electrons. The van der Waals surface area contributed by atoms with Gasteiger partial charge in [0.1, 0.15) is 12.4 Å². The number of benzene rings is 3. The van der Waals surface area contributed by atoms with Gasteiger partial charge in [-0.3, -0.25) is 14.9 Å². The number of nitro groups is 1. The van der Waals surface area contributed by atoms with Crippen molar-refractivity contribution in [1.29, 1.82) is 0 Å². The summed E-state index contributed by atoms with van der Waals surface area (Å²) in [5, 5.41) is 14.7. The highest BCUT2D eigenvalue weighted by atomic mass is 16.6. The van der Waals surface area contributed by atoms with Gasteiger partial charge >= 0.3 is 0 Å². The van der Waals surface area contributed by atoms with Gasteiger partial charge in [-0.25, -0.2) is 5.43 Å². The topological polar surface area (TPSA) is 93.8 Å². The van der Waals surface area contributed by atoms with Crippen LogP contribution in [0, 0.1) is 24.0 Å². The quantitative estimate of drug-likeness (QED) is 0.332. The van der Waals surface area contributed by atoms with E-state index in [0.717, 1.165) is 22.3 Å². The molecule has 0 aliphatic rings. The Morgan fingerprint density at radius 1 is 1.00 bits per heavy atom. The molecule has 0 bridgehead atoms. The lowest BCUT2D eigenvalue weighted by Crippen LogP contribution is -2.19. The Kier molecular flexibility index (Phi) is 7.11. The monoisotopic (exact) mass is 417 g/mol. The van der Waals surface area contributed by atoms with E-state index in [2.05, 4.69) is 10.5 Å². The van der Waals surface area contributed by atoms with Crippen molar-refractivity contribution < 1.29 is 14.5 Å². The lowest BCUT2D eigenvalue weighted by Gasteiger charge is -2.06. The molecule has 0 aromatic heterocycles. The number of nitrogens with zero attached hydrogens (tertiary/aromatic N) is 2. The zero-order valence-corrected chi connectivity index (χ0v) is 17.4. The molecule has 3 rings (SSSR count). The number of carbonyl (C=O) groups is 1. The molecule has 0 radical (unpaired) electrons. The fraction of sp³-hybridized carbons (Fsp3) is 0.167. The van der Waals surface area contributed by atoms with E-state index >= 15 is 0 Å². The first-order valence-electron chi connectivity index (χ1n) is 9.75. The molecule has 0 aliphatic carbocycles. The van der Waals surface area contributed by atoms with Gasteiger partial charge in [0.15, 0.2) is 0 Å². The number of ether oxygens (including phenoxy) is 1. The second kappa shape index (κ2) is 10.2. The first-order chi connectivity index (χ1) is 14.9. The summed E-state index contributed by atoms with van der Waals surface area (Å²) >= 11 is 0. The van der Waals surface area contributed by atoms with Crippen molar-refractivity contribution in [1.82, 2.24) is 5.43 Å². The minimum atomic E-state index is -0.434. The van der Waals surface area contributed by atoms with E-state index in [1.807, 2.05) is 44.2 Å². The Morgan fingerprint density at radius 2 is 1.68 bits per heavy atom. The van der Waals surface area contributed by atoms with E-state index in [0.29, 0.717) is 12.4 Å². The van der Waals surface area contributed by atoms with Crippen molar-refractivity contribution in [3.63, 3.8) is 0 Å². The Balaban J connectivity index is 1.47. The summed E-state index contributed by atoms with van der Waals surface area (Å²) in [6, 6.07) is 19.4. The highest BCUT2D eigenvalue weighted by Crippen LogP contribution is 2.16. The van der Waals surface area contributed by atoms with E-state index in [4.69, 9.17) is 4.74 Å². The third-order valence-electron chi connectivity index (χ3n) is 4.77. The SMILES string of the molecule is Cc1ccc(CC(=O)NN=Cc2ccc(OCc3ccc([N+](=O)[O-])cc3)cc2)cc1C. The average Bonchev–Trinajstić information content (AvgIpc) is 2.76. The van der Waals surface area contributed by atoms with Gasteiger partial charge in [-0.05, 0) is 78.1 Å². The molecule has 3 aromatic rings. The van der Waals surface area contributed by atoms with Gasteiger partial charge in [0, 0.05) is 12.1 Å². The molecule has 0 heterocycles. The second-order valence-corrected chi connectivity index (χ2v) is 7.17. The average molecular weight is 417 g/mol. The van der Waals surface area contributed by atoms with Crippen LogP contribution in [0.15, 0.2) is 71.8 Å². The van der Waals surface area contributed by atoms with E-state index in [1.165, 1.54) is 17.7 Å². The van der Waals surface area contributed by atoms with Gasteiger partial charge in [0.05, 0.1) is 17.6 Å². The van der Waals surface area contributed by atoms with Gasteiger partial charge in [-0.15, -0.1) is 0 Å². The molecule has 0 unspecified atom stereocenters. The van der Waals surface area contributed by atoms with Crippen LogP contribution in [0.3, 0.4) is 0 Å². The minimum Gasteiger partial charge on any atom is -0.489 e. The Bertz CT molecular complexity index is 1090. The van der Waals surface area contributed by atoms with Gasteiger partial charge in [-0.1, -0.05) is 18.2 Å². The zero-order valence-electron chi connectivity index (χ0n) is 17.4. The number of amides is 1. The van der Waals surface area contributed by atoms with E-state index < -0.39 is 4.92 Å². The van der Waals surface area contributed by atoms with Crippen LogP contribution in [-0.2, 0) is 17.8 Å². The minimum absolute atomic E-state index is 0.0495. The summed E-state index contributed by atoms with van der Waals surface area (Å²) in [6.07, 6.45) is 1.84. The third-order valence-corrected chi connectivity index (χ3v) is 4.77. The van der Waals surface area contributed by atoms with Crippen LogP contribution in [0.1, 0.15) is 27.8 Å². The molecule has 0 fully saturated rings. The summed E-state index contributed by atoms with van der Waals surface area (Å²) in [6.45, 7) is 4.36. The number of rotatable bonds is 8. The number of nitro benzene ring substituents is 1. The van der Waals surface area contributed by atoms with E-state index in [1.54, 1.807) is 30.5 Å². The fourth-order valence-electron chi connectivity index (χ4n) is 2.85. The van der Waals surface area contributed by atoms with Gasteiger partial charge in [0.2, 0.25) is 5.91 Å². The summed E-state index contributed by atoms with van der Waals surface area (Å²) in [5.74, 6) is 0.483. The maximum absolute atomic E-state index is 12.0. The van der Waals surface area contributed by atoms with Gasteiger partial charge < -0.3 is 4.74 Å². The molecule has 0 spiro atoms. The molecule has 3 aromatic carbocycles. The number of nitrogens with one attached hydrogen (secondary N) is 1. The highest BCUT2D eigenvalue weighted by Gasteiger charge is 2.05. The van der Waals surface area contributed by atoms with Crippen molar-refractivity contribution in [2.75, 3.05) is 0 Å². The maximum atomic E-state index is 12.0. The van der Waals surface area contributed by atoms with Crippen LogP contribution in [0.5, 0.6) is 5.75 Å². The van der Waals surface area contributed by atoms with Gasteiger partial charge in [-0.2, -0.15) is 5.10 Å². The molecule has 0 saturated heterocycles. The fourth-order valence-corrected chi connectivity index (χ4v) is 2.85. The predicted octanol–water partition coefficient (Wildman–Crippen LogP) is 4.48. The van der Waals surface area contributed by atoms with Crippen LogP contribution < -0.4 is 10.2 Å². The number of non-ortho nitro benzene ring substituents is 1. The summed E-state index contributed by atoms with van der Waals surface area (Å²) in [7, 11) is 0. The first-order valence-corrected chi connectivity index (χ1v) is 9.75. The smallest absolute Gasteiger partial charge is 0.269 e. The van der Waals surface area contributed by atoms with Crippen LogP contribution >= 0.6 is 0 Å². The molecular formula is C24H23N3O4. The van der Waals surface area contributed by atoms with E-state index in [-0.39, 0.29) is 18.0 Å². The molecular weight excluding hydrogens is 394 g/mol. The van der Waals surface area contributed by atoms with E-state index in [9.17, 15) is 14.9 Å². The predicted molar refractivity (Wildman–Crippen MR) is 119 cm³/mol. The lowest BCUT2D eigenvalue weighted by molar-refractivity contribution is -0.384. The Morgan fingerprint density at radius 3 is 2.32 bits per heavy atom. The maximum Gasteiger partial charge on any atom is 0.269 e. The number of hydrogen-bond acceptors (Lipinski definition) is 5. The van der Waals surface area contributed by atoms with Crippen molar-refractivity contribution in [2.45, 2.75) is 26.9 Å². The second-order valence-electron chi connectivity index (χ2n) is 7.17. The van der Waals surface area contributed by atoms with Gasteiger partial charge in [0.25, 0.3) is 5.69 Å². The molecule has 0 aliphatic heterocycles. The number of hydrogen-bond donors (Lipinski definition) is 1. The molecule has 0 saturated carbocycles. The van der Waals surface area contributed by atoms with Crippen molar-refractivity contribution in [3.8, 4) is 5.75 Å². The lowest BCUT2D eigenvalue weighted by atomic mass is 10.0. The summed E-state index contributed by atoms with van der Waals surface area (Å²) < 4.78 is 5.69. The molecule has 7 heteroatoms. The van der Waals surface area contributed by atoms with Crippen molar-refractivity contribution >= 4 is 17.8 Å². The molecule has 31 heavy (non-hydrogen) atoms. The largest absolute Gasteiger partial charge is 0.489 e. The highest BCUT2D eigenvalue weighted by molar-refractivity contribution is 5.83. The molecule has 1 N–H and O–H groups in total. The molecule has 0 atom stereocenters. The van der Waals surface area contributed by atoms with Crippen molar-refractivity contribution in [3.05, 3.63) is 105 Å². The third kappa shape index (κ3) is 6.50. The van der Waals surface area contributed by atoms with Crippen LogP contribution in [0.4, 0.5) is 5.69 Å². The number of hydrazone groups is 1. The molecule has 7 nitrogen and oxygen atoms in total. The normalized spacial score (nSPS) is 10.8. The Labute approximate surface area is 180 Å². The molecule has 1 amide bonds. The summed E-state index contributed by atoms with van der Waals surface area (Å²) in [4.78, 5) is 22.3. The standard InChI is InChI=1S/C24H23N3O4/c1-17-3-4-21(13-18(17)2)14-24(28)26-25-15-19-7-11-23(12-8-19)31-16-20-5-9-22(10-6-20)27(29)30/h3-13,15H,14,16H2,1-2H3,(H,26,28). The Hall–Kier alpha value is -4.00. The number of carbonyl (C=O) groups excluding carboxylic acids is 1. The van der Waals surface area contributed by atoms with Crippen molar-refractivity contribution in [2.24, 2.45) is 5.10 Å². The summed E-state index contributed by atoms with van der Waals surface area (Å²) in [5.41, 5.74) is 7.54. The first kappa shape index (κ1) is 21.7. The number of aryl methyl sites for hydroxylation is 2. The zero-order chi connectivity index (χ0) is 22.2. The van der Waals surface area contributed by atoms with Crippen LogP contribution in [-0.4, -0.2) is 17.0 Å². The van der Waals surface area contributed by atoms with Crippen LogP contribution in [0.2, 0.25) is 0 Å². The van der Waals surface area contributed by atoms with Crippen LogP contribution in [0.25, 0.3) is 0 Å².